The number of hydrogen-bond acceptors (Lipinski definition) is 3. The highest BCUT2D eigenvalue weighted by Gasteiger charge is 2.31. The summed E-state index contributed by atoms with van der Waals surface area (Å²) in [5.41, 5.74) is 5.49. The molecule has 1 aliphatic rings. The summed E-state index contributed by atoms with van der Waals surface area (Å²) in [4.78, 5) is 32.2. The van der Waals surface area contributed by atoms with Gasteiger partial charge in [0.15, 0.2) is 0 Å². The third-order valence-corrected chi connectivity index (χ3v) is 5.80. The molecule has 3 aromatic carbocycles. The summed E-state index contributed by atoms with van der Waals surface area (Å²) < 4.78 is 0. The van der Waals surface area contributed by atoms with Crippen molar-refractivity contribution in [2.75, 3.05) is 17.3 Å². The zero-order valence-corrected chi connectivity index (χ0v) is 18.8. The first kappa shape index (κ1) is 21.6. The zero-order chi connectivity index (χ0) is 22.8. The van der Waals surface area contributed by atoms with Crippen LogP contribution in [0.25, 0.3) is 0 Å². The van der Waals surface area contributed by atoms with Crippen molar-refractivity contribution in [3.63, 3.8) is 0 Å². The number of aliphatic imine (C=N–C) groups is 1. The second-order valence-electron chi connectivity index (χ2n) is 7.65. The number of halogens is 1. The van der Waals surface area contributed by atoms with Gasteiger partial charge in [-0.15, -0.1) is 0 Å². The van der Waals surface area contributed by atoms with Gasteiger partial charge >= 0.3 is 6.03 Å². The molecule has 0 saturated carbocycles. The van der Waals surface area contributed by atoms with Crippen LogP contribution in [0.2, 0.25) is 5.02 Å². The molecule has 1 unspecified atom stereocenters. The Morgan fingerprint density at radius 2 is 1.78 bits per heavy atom. The van der Waals surface area contributed by atoms with Gasteiger partial charge in [-0.2, -0.15) is 0 Å². The number of urea groups is 1. The summed E-state index contributed by atoms with van der Waals surface area (Å²) in [6.45, 7) is 3.91. The van der Waals surface area contributed by atoms with Gasteiger partial charge in [0.2, 0.25) is 6.17 Å². The first-order chi connectivity index (χ1) is 15.3. The second kappa shape index (κ2) is 8.85. The molecule has 0 fully saturated rings. The van der Waals surface area contributed by atoms with Crippen molar-refractivity contribution >= 4 is 40.6 Å². The first-order valence-corrected chi connectivity index (χ1v) is 10.6. The van der Waals surface area contributed by atoms with Crippen LogP contribution >= 0.6 is 11.6 Å². The van der Waals surface area contributed by atoms with Crippen molar-refractivity contribution in [3.8, 4) is 0 Å². The number of fused-ring (bicyclic) bond motifs is 1. The van der Waals surface area contributed by atoms with E-state index in [1.165, 1.54) is 4.90 Å². The molecule has 7 heteroatoms. The van der Waals surface area contributed by atoms with Crippen molar-refractivity contribution in [2.24, 2.45) is 4.99 Å². The Labute approximate surface area is 191 Å². The minimum atomic E-state index is -1.11. The van der Waals surface area contributed by atoms with Crippen LogP contribution in [0.15, 0.2) is 71.7 Å². The van der Waals surface area contributed by atoms with Gasteiger partial charge in [0.1, 0.15) is 0 Å². The third-order valence-electron chi connectivity index (χ3n) is 5.57. The van der Waals surface area contributed by atoms with Crippen LogP contribution in [0.5, 0.6) is 0 Å². The molecular formula is C25H23ClN4O2. The Morgan fingerprint density at radius 3 is 2.53 bits per heavy atom. The number of nitrogens with one attached hydrogen (secondary N) is 2. The summed E-state index contributed by atoms with van der Waals surface area (Å²) in [5.74, 6) is -0.351. The summed E-state index contributed by atoms with van der Waals surface area (Å²) in [6.07, 6.45) is -1.11. The molecule has 1 aliphatic heterocycles. The molecule has 3 amide bonds. The Balaban J connectivity index is 1.72. The van der Waals surface area contributed by atoms with Gasteiger partial charge in [-0.25, -0.2) is 9.79 Å². The molecule has 0 aliphatic carbocycles. The number of benzodiazepines with no additional fused rings is 1. The van der Waals surface area contributed by atoms with E-state index in [0.717, 1.165) is 22.3 Å². The highest BCUT2D eigenvalue weighted by molar-refractivity contribution is 6.32. The normalized spacial score (nSPS) is 15.5. The maximum absolute atomic E-state index is 13.2. The monoisotopic (exact) mass is 446 g/mol. The predicted octanol–water partition coefficient (Wildman–Crippen LogP) is 4.92. The van der Waals surface area contributed by atoms with E-state index < -0.39 is 12.2 Å². The number of carbonyl (C=O) groups excluding carboxylic acids is 2. The van der Waals surface area contributed by atoms with Crippen LogP contribution in [0.1, 0.15) is 22.3 Å². The van der Waals surface area contributed by atoms with Gasteiger partial charge < -0.3 is 15.5 Å². The summed E-state index contributed by atoms with van der Waals surface area (Å²) in [7, 11) is 1.66. The fourth-order valence-electron chi connectivity index (χ4n) is 3.64. The number of carbonyl (C=O) groups is 2. The SMILES string of the molecule is Cc1cccc(NC(=O)NC2N=C(c3ccccc3)c3cc(Cl)ccc3N(C)C2=O)c1C. The van der Waals surface area contributed by atoms with Crippen molar-refractivity contribution in [3.05, 3.63) is 94.0 Å². The van der Waals surface area contributed by atoms with E-state index in [2.05, 4.69) is 15.6 Å². The Kier molecular flexibility index (Phi) is 5.97. The number of aryl methyl sites for hydroxylation is 1. The molecule has 32 heavy (non-hydrogen) atoms. The molecule has 6 nitrogen and oxygen atoms in total. The average molecular weight is 447 g/mol. The maximum atomic E-state index is 13.2. The molecule has 162 valence electrons. The fourth-order valence-corrected chi connectivity index (χ4v) is 3.81. The number of hydrogen-bond donors (Lipinski definition) is 2. The number of amides is 3. The first-order valence-electron chi connectivity index (χ1n) is 10.2. The lowest BCUT2D eigenvalue weighted by molar-refractivity contribution is -0.119. The van der Waals surface area contributed by atoms with E-state index in [1.807, 2.05) is 62.4 Å². The van der Waals surface area contributed by atoms with Crippen LogP contribution in [0.4, 0.5) is 16.2 Å². The van der Waals surface area contributed by atoms with Gasteiger partial charge in [-0.05, 0) is 49.2 Å². The molecule has 0 radical (unpaired) electrons. The number of rotatable bonds is 3. The van der Waals surface area contributed by atoms with Crippen molar-refractivity contribution in [1.29, 1.82) is 0 Å². The molecule has 0 aromatic heterocycles. The van der Waals surface area contributed by atoms with E-state index in [-0.39, 0.29) is 5.91 Å². The molecule has 3 aromatic rings. The van der Waals surface area contributed by atoms with Gasteiger partial charge in [-0.1, -0.05) is 54.1 Å². The smallest absolute Gasteiger partial charge is 0.311 e. The minimum absolute atomic E-state index is 0.351. The molecular weight excluding hydrogens is 424 g/mol. The van der Waals surface area contributed by atoms with Crippen LogP contribution < -0.4 is 15.5 Å². The van der Waals surface area contributed by atoms with Crippen molar-refractivity contribution in [2.45, 2.75) is 20.0 Å². The summed E-state index contributed by atoms with van der Waals surface area (Å²) in [5, 5.41) is 6.08. The molecule has 0 spiro atoms. The summed E-state index contributed by atoms with van der Waals surface area (Å²) >= 11 is 6.27. The maximum Gasteiger partial charge on any atom is 0.321 e. The Hall–Kier alpha value is -3.64. The van der Waals surface area contributed by atoms with Gasteiger partial charge in [-0.3, -0.25) is 4.79 Å². The lowest BCUT2D eigenvalue weighted by Crippen LogP contribution is -2.47. The molecule has 4 rings (SSSR count). The molecule has 2 N–H and O–H groups in total. The van der Waals surface area contributed by atoms with Crippen LogP contribution in [-0.2, 0) is 4.79 Å². The van der Waals surface area contributed by atoms with Crippen LogP contribution in [0, 0.1) is 13.8 Å². The molecule has 1 heterocycles. The number of nitrogens with zero attached hydrogens (tertiary/aromatic N) is 2. The van der Waals surface area contributed by atoms with Crippen LogP contribution in [0.3, 0.4) is 0 Å². The third kappa shape index (κ3) is 4.22. The molecule has 0 saturated heterocycles. The largest absolute Gasteiger partial charge is 0.321 e. The summed E-state index contributed by atoms with van der Waals surface area (Å²) in [6, 6.07) is 20.0. The Morgan fingerprint density at radius 1 is 1.03 bits per heavy atom. The quantitative estimate of drug-likeness (QED) is 0.599. The fraction of sp³-hybridized carbons (Fsp3) is 0.160. The molecule has 0 bridgehead atoms. The van der Waals surface area contributed by atoms with E-state index in [4.69, 9.17) is 11.6 Å². The van der Waals surface area contributed by atoms with Gasteiger partial charge in [0.05, 0.1) is 11.4 Å². The predicted molar refractivity (Wildman–Crippen MR) is 129 cm³/mol. The van der Waals surface area contributed by atoms with Gasteiger partial charge in [0, 0.05) is 28.9 Å². The highest BCUT2D eigenvalue weighted by Crippen LogP contribution is 2.30. The Bertz CT molecular complexity index is 1220. The average Bonchev–Trinajstić information content (AvgIpc) is 2.88. The number of benzene rings is 3. The topological polar surface area (TPSA) is 73.8 Å². The highest BCUT2D eigenvalue weighted by atomic mass is 35.5. The second-order valence-corrected chi connectivity index (χ2v) is 8.09. The number of likely N-dealkylation sites (N-methyl/N-ethyl adjacent to an activating group) is 1. The zero-order valence-electron chi connectivity index (χ0n) is 18.0. The van der Waals surface area contributed by atoms with E-state index in [1.54, 1.807) is 25.2 Å². The van der Waals surface area contributed by atoms with E-state index in [9.17, 15) is 9.59 Å². The van der Waals surface area contributed by atoms with Crippen molar-refractivity contribution in [1.82, 2.24) is 5.32 Å². The lowest BCUT2D eigenvalue weighted by atomic mass is 10.0. The van der Waals surface area contributed by atoms with Crippen LogP contribution in [-0.4, -0.2) is 30.9 Å². The van der Waals surface area contributed by atoms with Gasteiger partial charge in [0.25, 0.3) is 5.91 Å². The number of anilines is 2. The van der Waals surface area contributed by atoms with E-state index in [0.29, 0.717) is 22.1 Å². The standard InChI is InChI=1S/C25H23ClN4O2/c1-15-8-7-11-20(16(15)2)27-25(32)29-23-24(31)30(3)21-13-12-18(26)14-19(21)22(28-23)17-9-5-4-6-10-17/h4-14,23H,1-3H3,(H2,27,29,32). The lowest BCUT2D eigenvalue weighted by Gasteiger charge is -2.21. The minimum Gasteiger partial charge on any atom is -0.311 e. The molecule has 1 atom stereocenters. The van der Waals surface area contributed by atoms with E-state index >= 15 is 0 Å². The van der Waals surface area contributed by atoms with Crippen molar-refractivity contribution < 1.29 is 9.59 Å².